The lowest BCUT2D eigenvalue weighted by Crippen LogP contribution is -2.22. The number of rotatable bonds is 6. The first-order valence-electron chi connectivity index (χ1n) is 8.71. The molecule has 0 aliphatic rings. The summed E-state index contributed by atoms with van der Waals surface area (Å²) >= 11 is 0. The third-order valence-corrected chi connectivity index (χ3v) is 5.87. The lowest BCUT2D eigenvalue weighted by Gasteiger charge is -2.12. The van der Waals surface area contributed by atoms with Gasteiger partial charge in [-0.05, 0) is 55.3 Å². The van der Waals surface area contributed by atoms with Gasteiger partial charge < -0.3 is 5.32 Å². The van der Waals surface area contributed by atoms with Crippen molar-refractivity contribution in [2.45, 2.75) is 25.3 Å². The van der Waals surface area contributed by atoms with Gasteiger partial charge in [0.2, 0.25) is 0 Å². The Kier molecular flexibility index (Phi) is 5.51. The Hall–Kier alpha value is -3.13. The van der Waals surface area contributed by atoms with Gasteiger partial charge in [-0.1, -0.05) is 12.1 Å². The van der Waals surface area contributed by atoms with E-state index in [1.165, 1.54) is 24.3 Å². The first-order valence-corrected chi connectivity index (χ1v) is 10.2. The molecule has 2 N–H and O–H groups in total. The quantitative estimate of drug-likeness (QED) is 0.668. The highest BCUT2D eigenvalue weighted by atomic mass is 32.2. The number of amides is 1. The number of nitrogens with zero attached hydrogens (tertiary/aromatic N) is 2. The van der Waals surface area contributed by atoms with Crippen LogP contribution in [0.2, 0.25) is 0 Å². The van der Waals surface area contributed by atoms with Gasteiger partial charge in [0.15, 0.2) is 0 Å². The summed E-state index contributed by atoms with van der Waals surface area (Å²) < 4.78 is 29.5. The number of aryl methyl sites for hydroxylation is 2. The Morgan fingerprint density at radius 2 is 1.82 bits per heavy atom. The highest BCUT2D eigenvalue weighted by molar-refractivity contribution is 7.92. The third-order valence-electron chi connectivity index (χ3n) is 4.49. The molecule has 0 saturated heterocycles. The molecule has 0 aliphatic heterocycles. The van der Waals surface area contributed by atoms with Crippen LogP contribution in [0.25, 0.3) is 0 Å². The summed E-state index contributed by atoms with van der Waals surface area (Å²) in [4.78, 5) is 12.4. The van der Waals surface area contributed by atoms with Crippen molar-refractivity contribution >= 4 is 21.6 Å². The van der Waals surface area contributed by atoms with Crippen LogP contribution >= 0.6 is 0 Å². The number of nitrogens with one attached hydrogen (secondary N) is 2. The van der Waals surface area contributed by atoms with E-state index in [-0.39, 0.29) is 10.8 Å². The fourth-order valence-electron chi connectivity index (χ4n) is 2.70. The summed E-state index contributed by atoms with van der Waals surface area (Å²) in [6.07, 6.45) is 3.49. The highest BCUT2D eigenvalue weighted by Crippen LogP contribution is 2.22. The largest absolute Gasteiger partial charge is 0.348 e. The number of hydrogen-bond donors (Lipinski definition) is 2. The van der Waals surface area contributed by atoms with Crippen LogP contribution in [0, 0.1) is 13.8 Å². The van der Waals surface area contributed by atoms with Crippen LogP contribution in [-0.4, -0.2) is 24.1 Å². The molecule has 1 aromatic heterocycles. The first-order chi connectivity index (χ1) is 13.3. The molecule has 8 heteroatoms. The molecule has 0 bridgehead atoms. The van der Waals surface area contributed by atoms with Crippen LogP contribution < -0.4 is 10.0 Å². The molecule has 0 atom stereocenters. The zero-order valence-electron chi connectivity index (χ0n) is 15.9. The number of carbonyl (C=O) groups is 1. The molecule has 28 heavy (non-hydrogen) atoms. The topological polar surface area (TPSA) is 93.1 Å². The van der Waals surface area contributed by atoms with Crippen molar-refractivity contribution < 1.29 is 13.2 Å². The number of aromatic nitrogens is 2. The monoisotopic (exact) mass is 398 g/mol. The Morgan fingerprint density at radius 3 is 2.46 bits per heavy atom. The van der Waals surface area contributed by atoms with Gasteiger partial charge in [0.1, 0.15) is 0 Å². The van der Waals surface area contributed by atoms with Crippen LogP contribution in [0.15, 0.2) is 59.8 Å². The second kappa shape index (κ2) is 7.85. The lowest BCUT2D eigenvalue weighted by molar-refractivity contribution is 0.0951. The molecule has 0 fully saturated rings. The highest BCUT2D eigenvalue weighted by Gasteiger charge is 2.16. The molecular formula is C20H22N4O3S. The number of hydrogen-bond acceptors (Lipinski definition) is 4. The zero-order valence-corrected chi connectivity index (χ0v) is 16.7. The van der Waals surface area contributed by atoms with E-state index in [0.717, 1.165) is 16.7 Å². The number of benzene rings is 2. The summed E-state index contributed by atoms with van der Waals surface area (Å²) in [5.41, 5.74) is 3.68. The van der Waals surface area contributed by atoms with Crippen LogP contribution in [0.1, 0.15) is 27.0 Å². The van der Waals surface area contributed by atoms with Crippen molar-refractivity contribution in [3.05, 3.63) is 77.1 Å². The molecule has 2 aromatic carbocycles. The van der Waals surface area contributed by atoms with Gasteiger partial charge >= 0.3 is 0 Å². The molecule has 0 saturated carbocycles. The average molecular weight is 398 g/mol. The van der Waals surface area contributed by atoms with Gasteiger partial charge in [-0.3, -0.25) is 14.2 Å². The molecule has 0 radical (unpaired) electrons. The third kappa shape index (κ3) is 4.40. The minimum Gasteiger partial charge on any atom is -0.348 e. The van der Waals surface area contributed by atoms with E-state index < -0.39 is 10.0 Å². The van der Waals surface area contributed by atoms with Crippen molar-refractivity contribution in [3.63, 3.8) is 0 Å². The summed E-state index contributed by atoms with van der Waals surface area (Å²) in [6.45, 7) is 4.13. The van der Waals surface area contributed by atoms with Crippen molar-refractivity contribution in [2.75, 3.05) is 4.72 Å². The van der Waals surface area contributed by atoms with Gasteiger partial charge in [0, 0.05) is 30.9 Å². The van der Waals surface area contributed by atoms with E-state index >= 15 is 0 Å². The maximum absolute atomic E-state index is 12.6. The predicted octanol–water partition coefficient (Wildman–Crippen LogP) is 2.77. The predicted molar refractivity (Wildman–Crippen MR) is 108 cm³/mol. The smallest absolute Gasteiger partial charge is 0.261 e. The Balaban J connectivity index is 1.70. The van der Waals surface area contributed by atoms with Gasteiger partial charge in [-0.2, -0.15) is 5.10 Å². The Morgan fingerprint density at radius 1 is 1.11 bits per heavy atom. The molecule has 3 rings (SSSR count). The van der Waals surface area contributed by atoms with Crippen molar-refractivity contribution in [1.29, 1.82) is 0 Å². The van der Waals surface area contributed by atoms with Crippen LogP contribution in [-0.2, 0) is 23.6 Å². The van der Waals surface area contributed by atoms with Gasteiger partial charge in [-0.15, -0.1) is 0 Å². The van der Waals surface area contributed by atoms with Crippen molar-refractivity contribution in [3.8, 4) is 0 Å². The minimum atomic E-state index is -3.74. The van der Waals surface area contributed by atoms with E-state index in [1.807, 2.05) is 26.1 Å². The summed E-state index contributed by atoms with van der Waals surface area (Å²) in [5.74, 6) is -0.282. The Bertz CT molecular complexity index is 1100. The first kappa shape index (κ1) is 19.6. The van der Waals surface area contributed by atoms with Crippen LogP contribution in [0.3, 0.4) is 0 Å². The standard InChI is InChI=1S/C20H22N4O3S/c1-14-5-4-6-19(15(14)2)23-28(26,27)18-9-7-17(8-10-18)20(25)21-11-16-12-22-24(3)13-16/h4-10,12-13,23H,11H2,1-3H3,(H,21,25). The molecule has 0 spiro atoms. The average Bonchev–Trinajstić information content (AvgIpc) is 3.09. The van der Waals surface area contributed by atoms with Crippen LogP contribution in [0.5, 0.6) is 0 Å². The second-order valence-corrected chi connectivity index (χ2v) is 8.26. The summed E-state index contributed by atoms with van der Waals surface area (Å²) in [7, 11) is -1.94. The molecule has 1 amide bonds. The molecule has 7 nitrogen and oxygen atoms in total. The fraction of sp³-hybridized carbons (Fsp3) is 0.200. The number of carbonyl (C=O) groups excluding carboxylic acids is 1. The summed E-state index contributed by atoms with van der Waals surface area (Å²) in [6, 6.07) is 11.3. The van der Waals surface area contributed by atoms with E-state index in [0.29, 0.717) is 17.8 Å². The van der Waals surface area contributed by atoms with E-state index in [9.17, 15) is 13.2 Å². The minimum absolute atomic E-state index is 0.0946. The van der Waals surface area contributed by atoms with Gasteiger partial charge in [0.25, 0.3) is 15.9 Å². The lowest BCUT2D eigenvalue weighted by atomic mass is 10.1. The van der Waals surface area contributed by atoms with Crippen molar-refractivity contribution in [1.82, 2.24) is 15.1 Å². The van der Waals surface area contributed by atoms with Crippen molar-refractivity contribution in [2.24, 2.45) is 7.05 Å². The maximum atomic E-state index is 12.6. The molecule has 0 unspecified atom stereocenters. The van der Waals surface area contributed by atoms with Gasteiger partial charge in [0.05, 0.1) is 16.8 Å². The second-order valence-electron chi connectivity index (χ2n) is 6.58. The zero-order chi connectivity index (χ0) is 20.3. The van der Waals surface area contributed by atoms with E-state index in [1.54, 1.807) is 30.1 Å². The molecule has 1 heterocycles. The summed E-state index contributed by atoms with van der Waals surface area (Å²) in [5, 5.41) is 6.83. The normalized spacial score (nSPS) is 11.2. The molecule has 3 aromatic rings. The van der Waals surface area contributed by atoms with Crippen LogP contribution in [0.4, 0.5) is 5.69 Å². The number of sulfonamides is 1. The van der Waals surface area contributed by atoms with Gasteiger partial charge in [-0.25, -0.2) is 8.42 Å². The SMILES string of the molecule is Cc1cccc(NS(=O)(=O)c2ccc(C(=O)NCc3cnn(C)c3)cc2)c1C. The Labute approximate surface area is 164 Å². The molecule has 0 aliphatic carbocycles. The van der Waals surface area contributed by atoms with E-state index in [4.69, 9.17) is 0 Å². The maximum Gasteiger partial charge on any atom is 0.261 e. The van der Waals surface area contributed by atoms with E-state index in [2.05, 4.69) is 15.1 Å². The fourth-order valence-corrected chi connectivity index (χ4v) is 3.82. The number of anilines is 1. The molecular weight excluding hydrogens is 376 g/mol. The molecule has 146 valence electrons.